The van der Waals surface area contributed by atoms with Crippen molar-refractivity contribution >= 4 is 21.9 Å². The molecule has 1 aliphatic heterocycles. The number of halogens is 1. The second-order valence-electron chi connectivity index (χ2n) is 4.80. The Labute approximate surface area is 104 Å². The molecule has 1 saturated carbocycles. The van der Waals surface area contributed by atoms with Gasteiger partial charge in [0.15, 0.2) is 0 Å². The average molecular weight is 282 g/mol. The van der Waals surface area contributed by atoms with Crippen LogP contribution in [0, 0.1) is 17.8 Å². The van der Waals surface area contributed by atoms with E-state index >= 15 is 0 Å². The van der Waals surface area contributed by atoms with Crippen LogP contribution in [0.1, 0.15) is 12.5 Å². The second kappa shape index (κ2) is 3.99. The van der Waals surface area contributed by atoms with Gasteiger partial charge in [0, 0.05) is 30.8 Å². The summed E-state index contributed by atoms with van der Waals surface area (Å²) in [5.74, 6) is 3.59. The maximum absolute atomic E-state index is 4.44. The fraction of sp³-hybridized carbons (Fsp3) is 0.667. The predicted molar refractivity (Wildman–Crippen MR) is 67.9 cm³/mol. The van der Waals surface area contributed by atoms with Gasteiger partial charge >= 0.3 is 0 Å². The van der Waals surface area contributed by atoms with Gasteiger partial charge in [-0.25, -0.2) is 9.97 Å². The fourth-order valence-electron chi connectivity index (χ4n) is 2.74. The molecule has 86 valence electrons. The second-order valence-corrected chi connectivity index (χ2v) is 5.44. The highest BCUT2D eigenvalue weighted by Gasteiger charge is 2.55. The van der Waals surface area contributed by atoms with Gasteiger partial charge in [-0.15, -0.1) is 0 Å². The number of fused-ring (bicyclic) bond motifs is 1. The van der Waals surface area contributed by atoms with E-state index in [1.807, 2.05) is 12.4 Å². The first-order valence-electron chi connectivity index (χ1n) is 5.95. The van der Waals surface area contributed by atoms with Gasteiger partial charge in [0.2, 0.25) is 5.95 Å². The molecule has 1 saturated heterocycles. The molecule has 0 amide bonds. The minimum Gasteiger partial charge on any atom is -0.340 e. The summed E-state index contributed by atoms with van der Waals surface area (Å²) in [5.41, 5.74) is 1.21. The van der Waals surface area contributed by atoms with Crippen molar-refractivity contribution in [2.75, 3.05) is 23.3 Å². The van der Waals surface area contributed by atoms with Crippen LogP contribution in [0.4, 0.5) is 5.95 Å². The zero-order valence-corrected chi connectivity index (χ0v) is 11.0. The van der Waals surface area contributed by atoms with E-state index in [0.717, 1.165) is 48.5 Å². The number of anilines is 1. The van der Waals surface area contributed by atoms with Crippen LogP contribution in [0.2, 0.25) is 0 Å². The normalized spacial score (nSPS) is 31.6. The Balaban J connectivity index is 1.67. The fourth-order valence-corrected chi connectivity index (χ4v) is 3.70. The van der Waals surface area contributed by atoms with Crippen molar-refractivity contribution in [2.45, 2.75) is 13.3 Å². The number of aryl methyl sites for hydroxylation is 1. The third-order valence-corrected chi connectivity index (χ3v) is 4.68. The number of hydrogen-bond acceptors (Lipinski definition) is 3. The van der Waals surface area contributed by atoms with Gasteiger partial charge in [0.25, 0.3) is 0 Å². The van der Waals surface area contributed by atoms with E-state index in [9.17, 15) is 0 Å². The molecule has 0 N–H and O–H groups in total. The molecular weight excluding hydrogens is 266 g/mol. The summed E-state index contributed by atoms with van der Waals surface area (Å²) in [6, 6.07) is 0. The number of alkyl halides is 1. The van der Waals surface area contributed by atoms with Crippen molar-refractivity contribution in [2.24, 2.45) is 17.8 Å². The number of rotatable bonds is 3. The SMILES string of the molecule is CCc1cnc(N2CC3C(CBr)C3C2)nc1. The van der Waals surface area contributed by atoms with E-state index in [-0.39, 0.29) is 0 Å². The summed E-state index contributed by atoms with van der Waals surface area (Å²) in [7, 11) is 0. The van der Waals surface area contributed by atoms with E-state index in [2.05, 4.69) is 37.7 Å². The third-order valence-electron chi connectivity index (χ3n) is 3.93. The van der Waals surface area contributed by atoms with E-state index in [4.69, 9.17) is 0 Å². The molecule has 3 nitrogen and oxygen atoms in total. The van der Waals surface area contributed by atoms with Crippen LogP contribution in [0.15, 0.2) is 12.4 Å². The lowest BCUT2D eigenvalue weighted by Gasteiger charge is -2.19. The van der Waals surface area contributed by atoms with Crippen LogP contribution in [-0.4, -0.2) is 28.4 Å². The Morgan fingerprint density at radius 2 is 1.94 bits per heavy atom. The third kappa shape index (κ3) is 1.63. The smallest absolute Gasteiger partial charge is 0.225 e. The maximum atomic E-state index is 4.44. The summed E-state index contributed by atoms with van der Waals surface area (Å²) in [6.07, 6.45) is 4.92. The first kappa shape index (κ1) is 10.5. The summed E-state index contributed by atoms with van der Waals surface area (Å²) in [6.45, 7) is 4.42. The minimum absolute atomic E-state index is 0.883. The van der Waals surface area contributed by atoms with Crippen molar-refractivity contribution in [3.63, 3.8) is 0 Å². The van der Waals surface area contributed by atoms with Crippen LogP contribution < -0.4 is 4.90 Å². The quantitative estimate of drug-likeness (QED) is 0.795. The lowest BCUT2D eigenvalue weighted by molar-refractivity contribution is 0.686. The molecule has 4 heteroatoms. The molecule has 2 unspecified atom stereocenters. The predicted octanol–water partition coefficient (Wildman–Crippen LogP) is 2.12. The van der Waals surface area contributed by atoms with E-state index in [1.165, 1.54) is 5.56 Å². The summed E-state index contributed by atoms with van der Waals surface area (Å²) < 4.78 is 0. The van der Waals surface area contributed by atoms with Gasteiger partial charge in [-0.1, -0.05) is 22.9 Å². The van der Waals surface area contributed by atoms with Gasteiger partial charge in [-0.05, 0) is 29.7 Å². The van der Waals surface area contributed by atoms with Crippen molar-refractivity contribution in [1.82, 2.24) is 9.97 Å². The van der Waals surface area contributed by atoms with E-state index in [0.29, 0.717) is 0 Å². The standard InChI is InChI=1S/C12H16BrN3/c1-2-8-4-14-12(15-5-8)16-6-10-9(3-13)11(10)7-16/h4-5,9-11H,2-3,6-7H2,1H3. The number of aromatic nitrogens is 2. The van der Waals surface area contributed by atoms with E-state index < -0.39 is 0 Å². The molecule has 0 aromatic carbocycles. The van der Waals surface area contributed by atoms with Crippen LogP contribution >= 0.6 is 15.9 Å². The molecule has 2 heterocycles. The minimum atomic E-state index is 0.883. The summed E-state index contributed by atoms with van der Waals surface area (Å²) in [4.78, 5) is 11.2. The summed E-state index contributed by atoms with van der Waals surface area (Å²) >= 11 is 3.58. The molecule has 1 aliphatic carbocycles. The van der Waals surface area contributed by atoms with E-state index in [1.54, 1.807) is 0 Å². The van der Waals surface area contributed by atoms with Crippen molar-refractivity contribution in [3.05, 3.63) is 18.0 Å². The Kier molecular flexibility index (Phi) is 2.62. The van der Waals surface area contributed by atoms with Gasteiger partial charge < -0.3 is 4.90 Å². The first-order chi connectivity index (χ1) is 7.83. The van der Waals surface area contributed by atoms with Crippen molar-refractivity contribution < 1.29 is 0 Å². The molecule has 0 spiro atoms. The van der Waals surface area contributed by atoms with Gasteiger partial charge in [-0.3, -0.25) is 0 Å². The lowest BCUT2D eigenvalue weighted by atomic mass is 10.3. The van der Waals surface area contributed by atoms with Crippen molar-refractivity contribution in [1.29, 1.82) is 0 Å². The first-order valence-corrected chi connectivity index (χ1v) is 7.07. The molecule has 1 aromatic rings. The van der Waals surface area contributed by atoms with Gasteiger partial charge in [0.1, 0.15) is 0 Å². The Morgan fingerprint density at radius 3 is 2.44 bits per heavy atom. The number of piperidine rings is 1. The zero-order chi connectivity index (χ0) is 11.1. The largest absolute Gasteiger partial charge is 0.340 e. The van der Waals surface area contributed by atoms with Crippen LogP contribution in [0.5, 0.6) is 0 Å². The lowest BCUT2D eigenvalue weighted by Crippen LogP contribution is -2.26. The molecule has 2 atom stereocenters. The van der Waals surface area contributed by atoms with Crippen LogP contribution in [0.25, 0.3) is 0 Å². The highest BCUT2D eigenvalue weighted by atomic mass is 79.9. The maximum Gasteiger partial charge on any atom is 0.225 e. The molecule has 2 fully saturated rings. The number of hydrogen-bond donors (Lipinski definition) is 0. The molecule has 3 rings (SSSR count). The topological polar surface area (TPSA) is 29.0 Å². The highest BCUT2D eigenvalue weighted by molar-refractivity contribution is 9.09. The molecule has 16 heavy (non-hydrogen) atoms. The number of nitrogens with zero attached hydrogens (tertiary/aromatic N) is 3. The van der Waals surface area contributed by atoms with Crippen LogP contribution in [0.3, 0.4) is 0 Å². The monoisotopic (exact) mass is 281 g/mol. The van der Waals surface area contributed by atoms with Crippen molar-refractivity contribution in [3.8, 4) is 0 Å². The Hall–Kier alpha value is -0.640. The molecule has 0 radical (unpaired) electrons. The molecule has 0 bridgehead atoms. The Morgan fingerprint density at radius 1 is 1.31 bits per heavy atom. The highest BCUT2D eigenvalue weighted by Crippen LogP contribution is 2.52. The molecule has 2 aliphatic rings. The Bertz CT molecular complexity index is 366. The van der Waals surface area contributed by atoms with Gasteiger partial charge in [0.05, 0.1) is 0 Å². The van der Waals surface area contributed by atoms with Gasteiger partial charge in [-0.2, -0.15) is 0 Å². The summed E-state index contributed by atoms with van der Waals surface area (Å²) in [5, 5.41) is 1.16. The van der Waals surface area contributed by atoms with Crippen LogP contribution in [-0.2, 0) is 6.42 Å². The zero-order valence-electron chi connectivity index (χ0n) is 9.43. The molecular formula is C12H16BrN3. The molecule has 1 aromatic heterocycles. The average Bonchev–Trinajstić information content (AvgIpc) is 2.81.